The first-order valence-corrected chi connectivity index (χ1v) is 10.7. The van der Waals surface area contributed by atoms with Gasteiger partial charge >= 0.3 is 0 Å². The van der Waals surface area contributed by atoms with Gasteiger partial charge in [-0.3, -0.25) is 4.79 Å². The average molecular weight is 413 g/mol. The topological polar surface area (TPSA) is 56.7 Å². The quantitative estimate of drug-likeness (QED) is 0.551. The van der Waals surface area contributed by atoms with Crippen LogP contribution in [-0.4, -0.2) is 36.4 Å². The SMILES string of the molecule is CCNC(=NCc1cccc(Cl)c1)NCc1ccc(C(=O)N2CCCCC2)cc1. The smallest absolute Gasteiger partial charge is 0.253 e. The molecule has 0 atom stereocenters. The first kappa shape index (κ1) is 21.2. The summed E-state index contributed by atoms with van der Waals surface area (Å²) in [6.45, 7) is 5.76. The van der Waals surface area contributed by atoms with Crippen LogP contribution < -0.4 is 10.6 Å². The van der Waals surface area contributed by atoms with Gasteiger partial charge in [0.05, 0.1) is 6.54 Å². The molecule has 3 rings (SSSR count). The zero-order chi connectivity index (χ0) is 20.5. The Morgan fingerprint density at radius 3 is 2.48 bits per heavy atom. The van der Waals surface area contributed by atoms with Crippen LogP contribution in [0.3, 0.4) is 0 Å². The number of piperidine rings is 1. The lowest BCUT2D eigenvalue weighted by atomic mass is 10.1. The van der Waals surface area contributed by atoms with Crippen molar-refractivity contribution in [1.82, 2.24) is 15.5 Å². The molecule has 6 heteroatoms. The largest absolute Gasteiger partial charge is 0.357 e. The lowest BCUT2D eigenvalue weighted by Crippen LogP contribution is -2.37. The number of hydrogen-bond acceptors (Lipinski definition) is 2. The van der Waals surface area contributed by atoms with Crippen molar-refractivity contribution in [3.63, 3.8) is 0 Å². The molecule has 1 fully saturated rings. The highest BCUT2D eigenvalue weighted by molar-refractivity contribution is 6.30. The molecule has 0 saturated carbocycles. The van der Waals surface area contributed by atoms with Crippen LogP contribution >= 0.6 is 11.6 Å². The number of hydrogen-bond donors (Lipinski definition) is 2. The van der Waals surface area contributed by atoms with Gasteiger partial charge in [-0.05, 0) is 61.6 Å². The monoisotopic (exact) mass is 412 g/mol. The number of nitrogens with one attached hydrogen (secondary N) is 2. The number of amides is 1. The summed E-state index contributed by atoms with van der Waals surface area (Å²) in [6, 6.07) is 15.6. The van der Waals surface area contributed by atoms with Gasteiger partial charge in [-0.2, -0.15) is 0 Å². The molecular weight excluding hydrogens is 384 g/mol. The normalized spacial score (nSPS) is 14.6. The number of rotatable bonds is 6. The molecule has 29 heavy (non-hydrogen) atoms. The Balaban J connectivity index is 1.56. The van der Waals surface area contributed by atoms with Crippen LogP contribution in [0.5, 0.6) is 0 Å². The summed E-state index contributed by atoms with van der Waals surface area (Å²) in [5.41, 5.74) is 2.93. The summed E-state index contributed by atoms with van der Waals surface area (Å²) in [6.07, 6.45) is 3.44. The molecule has 0 aromatic heterocycles. The standard InChI is InChI=1S/C23H29ClN4O/c1-2-25-23(27-17-19-7-6-8-21(24)15-19)26-16-18-9-11-20(12-10-18)22(29)28-13-4-3-5-14-28/h6-12,15H,2-5,13-14,16-17H2,1H3,(H2,25,26,27). The van der Waals surface area contributed by atoms with E-state index in [9.17, 15) is 4.79 Å². The molecule has 0 bridgehead atoms. The van der Waals surface area contributed by atoms with Crippen LogP contribution in [0.4, 0.5) is 0 Å². The van der Waals surface area contributed by atoms with E-state index in [1.54, 1.807) is 0 Å². The number of carbonyl (C=O) groups is 1. The van der Waals surface area contributed by atoms with Gasteiger partial charge in [-0.15, -0.1) is 0 Å². The number of carbonyl (C=O) groups excluding carboxylic acids is 1. The molecule has 2 aromatic carbocycles. The fourth-order valence-corrected chi connectivity index (χ4v) is 3.59. The average Bonchev–Trinajstić information content (AvgIpc) is 2.76. The van der Waals surface area contributed by atoms with E-state index < -0.39 is 0 Å². The summed E-state index contributed by atoms with van der Waals surface area (Å²) in [7, 11) is 0. The molecule has 1 aliphatic rings. The van der Waals surface area contributed by atoms with E-state index in [0.29, 0.717) is 13.1 Å². The maximum atomic E-state index is 12.6. The van der Waals surface area contributed by atoms with Crippen molar-refractivity contribution in [3.8, 4) is 0 Å². The Labute approximate surface area is 178 Å². The Kier molecular flexibility index (Phi) is 7.94. The Morgan fingerprint density at radius 2 is 1.79 bits per heavy atom. The highest BCUT2D eigenvalue weighted by atomic mass is 35.5. The van der Waals surface area contributed by atoms with Crippen molar-refractivity contribution in [3.05, 3.63) is 70.2 Å². The maximum Gasteiger partial charge on any atom is 0.253 e. The number of halogens is 1. The molecule has 5 nitrogen and oxygen atoms in total. The van der Waals surface area contributed by atoms with Crippen LogP contribution in [0, 0.1) is 0 Å². The Hall–Kier alpha value is -2.53. The van der Waals surface area contributed by atoms with E-state index >= 15 is 0 Å². The molecule has 2 aromatic rings. The second-order valence-corrected chi connectivity index (χ2v) is 7.66. The van der Waals surface area contributed by atoms with Crippen molar-refractivity contribution in [2.75, 3.05) is 19.6 Å². The van der Waals surface area contributed by atoms with Crippen molar-refractivity contribution in [1.29, 1.82) is 0 Å². The van der Waals surface area contributed by atoms with Gasteiger partial charge in [0.25, 0.3) is 5.91 Å². The number of benzene rings is 2. The first-order chi connectivity index (χ1) is 14.2. The molecule has 0 radical (unpaired) electrons. The van der Waals surface area contributed by atoms with Crippen LogP contribution in [0.1, 0.15) is 47.7 Å². The number of aliphatic imine (C=N–C) groups is 1. The molecule has 0 spiro atoms. The number of likely N-dealkylation sites (tertiary alicyclic amines) is 1. The Bertz CT molecular complexity index is 829. The summed E-state index contributed by atoms with van der Waals surface area (Å²) in [5, 5.41) is 7.32. The van der Waals surface area contributed by atoms with Gasteiger partial charge in [-0.25, -0.2) is 4.99 Å². The van der Waals surface area contributed by atoms with E-state index in [2.05, 4.69) is 15.6 Å². The van der Waals surface area contributed by atoms with E-state index in [1.165, 1.54) is 6.42 Å². The van der Waals surface area contributed by atoms with Gasteiger partial charge in [0.1, 0.15) is 0 Å². The fourth-order valence-electron chi connectivity index (χ4n) is 3.38. The van der Waals surface area contributed by atoms with Gasteiger partial charge in [0, 0.05) is 36.8 Å². The zero-order valence-electron chi connectivity index (χ0n) is 17.0. The van der Waals surface area contributed by atoms with Crippen LogP contribution in [0.25, 0.3) is 0 Å². The van der Waals surface area contributed by atoms with E-state index in [-0.39, 0.29) is 5.91 Å². The predicted octanol–water partition coefficient (Wildman–Crippen LogP) is 4.22. The van der Waals surface area contributed by atoms with Gasteiger partial charge in [0.2, 0.25) is 0 Å². The van der Waals surface area contributed by atoms with Gasteiger partial charge in [0.15, 0.2) is 5.96 Å². The van der Waals surface area contributed by atoms with Crippen LogP contribution in [0.15, 0.2) is 53.5 Å². The predicted molar refractivity (Wildman–Crippen MR) is 119 cm³/mol. The third-order valence-electron chi connectivity index (χ3n) is 4.96. The third-order valence-corrected chi connectivity index (χ3v) is 5.19. The van der Waals surface area contributed by atoms with Crippen molar-refractivity contribution < 1.29 is 4.79 Å². The van der Waals surface area contributed by atoms with Crippen molar-refractivity contribution in [2.24, 2.45) is 4.99 Å². The molecule has 1 heterocycles. The lowest BCUT2D eigenvalue weighted by Gasteiger charge is -2.26. The summed E-state index contributed by atoms with van der Waals surface area (Å²) in [4.78, 5) is 19.2. The third kappa shape index (κ3) is 6.50. The van der Waals surface area contributed by atoms with Gasteiger partial charge in [-0.1, -0.05) is 35.9 Å². The van der Waals surface area contributed by atoms with Crippen LogP contribution in [0.2, 0.25) is 5.02 Å². The lowest BCUT2D eigenvalue weighted by molar-refractivity contribution is 0.0724. The first-order valence-electron chi connectivity index (χ1n) is 10.3. The van der Waals surface area contributed by atoms with E-state index in [1.807, 2.05) is 60.4 Å². The summed E-state index contributed by atoms with van der Waals surface area (Å²) >= 11 is 6.04. The second-order valence-electron chi connectivity index (χ2n) is 7.23. The fraction of sp³-hybridized carbons (Fsp3) is 0.391. The van der Waals surface area contributed by atoms with Gasteiger partial charge < -0.3 is 15.5 Å². The second kappa shape index (κ2) is 10.9. The van der Waals surface area contributed by atoms with E-state index in [4.69, 9.17) is 11.6 Å². The minimum absolute atomic E-state index is 0.139. The number of nitrogens with zero attached hydrogens (tertiary/aromatic N) is 2. The van der Waals surface area contributed by atoms with Crippen molar-refractivity contribution >= 4 is 23.5 Å². The molecule has 1 amide bonds. The maximum absolute atomic E-state index is 12.6. The molecular formula is C23H29ClN4O. The number of guanidine groups is 1. The summed E-state index contributed by atoms with van der Waals surface area (Å²) in [5.74, 6) is 0.890. The minimum atomic E-state index is 0.139. The van der Waals surface area contributed by atoms with Crippen molar-refractivity contribution in [2.45, 2.75) is 39.3 Å². The molecule has 154 valence electrons. The minimum Gasteiger partial charge on any atom is -0.357 e. The van der Waals surface area contributed by atoms with E-state index in [0.717, 1.165) is 60.1 Å². The summed E-state index contributed by atoms with van der Waals surface area (Å²) < 4.78 is 0. The highest BCUT2D eigenvalue weighted by Crippen LogP contribution is 2.14. The van der Waals surface area contributed by atoms with Crippen LogP contribution in [-0.2, 0) is 13.1 Å². The molecule has 2 N–H and O–H groups in total. The highest BCUT2D eigenvalue weighted by Gasteiger charge is 2.17. The Morgan fingerprint density at radius 1 is 1.03 bits per heavy atom. The molecule has 1 saturated heterocycles. The zero-order valence-corrected chi connectivity index (χ0v) is 17.7. The molecule has 0 aliphatic carbocycles. The molecule has 1 aliphatic heterocycles. The molecule has 0 unspecified atom stereocenters.